The van der Waals surface area contributed by atoms with Gasteiger partial charge in [-0.05, 0) is 43.9 Å². The number of benzene rings is 1. The van der Waals surface area contributed by atoms with Gasteiger partial charge in [0.1, 0.15) is 6.54 Å². The molecule has 1 atom stereocenters. The maximum Gasteiger partial charge on any atom is 0.336 e. The van der Waals surface area contributed by atoms with Crippen LogP contribution in [0.1, 0.15) is 52.0 Å². The van der Waals surface area contributed by atoms with Gasteiger partial charge in [-0.25, -0.2) is 4.79 Å². The summed E-state index contributed by atoms with van der Waals surface area (Å²) in [5.41, 5.74) is 1.46. The highest BCUT2D eigenvalue weighted by atomic mass is 35.5. The molecular formula is C22H28Cl2N2O4. The molecule has 8 heteroatoms. The van der Waals surface area contributed by atoms with Gasteiger partial charge in [-0.1, -0.05) is 43.1 Å². The van der Waals surface area contributed by atoms with Crippen molar-refractivity contribution in [3.05, 3.63) is 45.1 Å². The Balaban J connectivity index is 2.34. The quantitative estimate of drug-likeness (QED) is 0.593. The van der Waals surface area contributed by atoms with Crippen LogP contribution >= 0.6 is 23.2 Å². The molecule has 1 aromatic carbocycles. The van der Waals surface area contributed by atoms with E-state index in [2.05, 4.69) is 19.2 Å². The summed E-state index contributed by atoms with van der Waals surface area (Å²) in [6, 6.07) is 5.03. The van der Waals surface area contributed by atoms with Crippen molar-refractivity contribution in [2.75, 3.05) is 19.7 Å². The molecule has 2 amide bonds. The van der Waals surface area contributed by atoms with Crippen LogP contribution in [0.25, 0.3) is 0 Å². The molecule has 1 heterocycles. The van der Waals surface area contributed by atoms with Gasteiger partial charge in [0.05, 0.1) is 22.2 Å². The summed E-state index contributed by atoms with van der Waals surface area (Å²) < 4.78 is 5.24. The molecule has 0 saturated heterocycles. The van der Waals surface area contributed by atoms with Crippen molar-refractivity contribution in [3.63, 3.8) is 0 Å². The second-order valence-corrected chi connectivity index (χ2v) is 8.48. The largest absolute Gasteiger partial charge is 0.463 e. The second kappa shape index (κ2) is 10.8. The lowest BCUT2D eigenvalue weighted by Gasteiger charge is -2.34. The fraction of sp³-hybridized carbons (Fsp3) is 0.500. The summed E-state index contributed by atoms with van der Waals surface area (Å²) in [7, 11) is 0. The van der Waals surface area contributed by atoms with Crippen LogP contribution in [-0.2, 0) is 19.1 Å². The molecule has 1 aromatic rings. The van der Waals surface area contributed by atoms with Crippen LogP contribution in [0, 0.1) is 5.92 Å². The molecule has 0 aromatic heterocycles. The molecule has 30 heavy (non-hydrogen) atoms. The van der Waals surface area contributed by atoms with E-state index in [9.17, 15) is 14.4 Å². The third-order valence-corrected chi connectivity index (χ3v) is 5.75. The number of allylic oxidation sites excluding steroid dienone is 1. The number of ether oxygens (including phenoxy) is 1. The summed E-state index contributed by atoms with van der Waals surface area (Å²) >= 11 is 12.2. The van der Waals surface area contributed by atoms with Gasteiger partial charge in [-0.3, -0.25) is 9.59 Å². The zero-order valence-corrected chi connectivity index (χ0v) is 19.3. The number of nitrogens with zero attached hydrogens (tertiary/aromatic N) is 1. The molecule has 164 valence electrons. The normalized spacial score (nSPS) is 16.8. The van der Waals surface area contributed by atoms with Crippen molar-refractivity contribution in [2.45, 2.75) is 46.5 Å². The van der Waals surface area contributed by atoms with Crippen LogP contribution in [-0.4, -0.2) is 42.4 Å². The number of hydrogen-bond donors (Lipinski definition) is 1. The molecule has 0 spiro atoms. The molecule has 0 aliphatic carbocycles. The highest BCUT2D eigenvalue weighted by Gasteiger charge is 2.37. The first-order valence-corrected chi connectivity index (χ1v) is 10.8. The number of nitrogens with one attached hydrogen (secondary N) is 1. The Bertz CT molecular complexity index is 852. The van der Waals surface area contributed by atoms with Crippen LogP contribution in [0.3, 0.4) is 0 Å². The molecule has 0 bridgehead atoms. The first-order valence-electron chi connectivity index (χ1n) is 10.1. The van der Waals surface area contributed by atoms with Gasteiger partial charge in [-0.2, -0.15) is 0 Å². The number of esters is 1. The summed E-state index contributed by atoms with van der Waals surface area (Å²) in [5.74, 6) is -1.07. The maximum atomic E-state index is 12.9. The highest BCUT2D eigenvalue weighted by molar-refractivity contribution is 6.42. The molecule has 1 unspecified atom stereocenters. The summed E-state index contributed by atoms with van der Waals surface area (Å²) in [4.78, 5) is 39.3. The summed E-state index contributed by atoms with van der Waals surface area (Å²) in [5, 5.41) is 3.56. The Morgan fingerprint density at radius 2 is 1.97 bits per heavy atom. The van der Waals surface area contributed by atoms with Crippen molar-refractivity contribution in [3.8, 4) is 0 Å². The minimum atomic E-state index is -0.522. The molecule has 6 nitrogen and oxygen atoms in total. The highest BCUT2D eigenvalue weighted by Crippen LogP contribution is 2.38. The fourth-order valence-corrected chi connectivity index (χ4v) is 3.70. The van der Waals surface area contributed by atoms with Crippen LogP contribution in [0.5, 0.6) is 0 Å². The van der Waals surface area contributed by atoms with Gasteiger partial charge in [-0.15, -0.1) is 0 Å². The van der Waals surface area contributed by atoms with Gasteiger partial charge in [0, 0.05) is 24.6 Å². The molecule has 1 aliphatic rings. The number of carbonyl (C=O) groups excluding carboxylic acids is 3. The Kier molecular flexibility index (Phi) is 8.74. The van der Waals surface area contributed by atoms with Crippen LogP contribution in [0.4, 0.5) is 0 Å². The fourth-order valence-electron chi connectivity index (χ4n) is 3.39. The molecule has 2 rings (SSSR count). The number of carbonyl (C=O) groups is 3. The lowest BCUT2D eigenvalue weighted by atomic mass is 9.83. The van der Waals surface area contributed by atoms with Crippen molar-refractivity contribution in [2.24, 2.45) is 5.92 Å². The van der Waals surface area contributed by atoms with E-state index >= 15 is 0 Å². The van der Waals surface area contributed by atoms with Crippen LogP contribution in [0.15, 0.2) is 29.5 Å². The first-order chi connectivity index (χ1) is 14.1. The zero-order chi connectivity index (χ0) is 22.4. The van der Waals surface area contributed by atoms with Crippen molar-refractivity contribution in [1.82, 2.24) is 10.2 Å². The molecule has 0 saturated carbocycles. The lowest BCUT2D eigenvalue weighted by molar-refractivity contribution is -0.141. The molecular weight excluding hydrogens is 427 g/mol. The Morgan fingerprint density at radius 3 is 2.57 bits per heavy atom. The maximum absolute atomic E-state index is 12.9. The van der Waals surface area contributed by atoms with E-state index in [1.807, 2.05) is 0 Å². The SMILES string of the molecule is CCOC(=O)C1=C(C)N(CC(=O)NCCC(C)C)C(=O)CC1c1ccc(Cl)c(Cl)c1. The molecule has 0 radical (unpaired) electrons. The monoisotopic (exact) mass is 454 g/mol. The Hall–Kier alpha value is -2.05. The van der Waals surface area contributed by atoms with Crippen molar-refractivity contribution < 1.29 is 19.1 Å². The van der Waals surface area contributed by atoms with E-state index in [-0.39, 0.29) is 31.4 Å². The average molecular weight is 455 g/mol. The van der Waals surface area contributed by atoms with E-state index in [4.69, 9.17) is 27.9 Å². The third-order valence-electron chi connectivity index (χ3n) is 5.01. The lowest BCUT2D eigenvalue weighted by Crippen LogP contribution is -2.44. The predicted molar refractivity (Wildman–Crippen MR) is 117 cm³/mol. The minimum absolute atomic E-state index is 0.0305. The van der Waals surface area contributed by atoms with Gasteiger partial charge in [0.2, 0.25) is 11.8 Å². The topological polar surface area (TPSA) is 75.7 Å². The zero-order valence-electron chi connectivity index (χ0n) is 17.8. The predicted octanol–water partition coefficient (Wildman–Crippen LogP) is 4.31. The average Bonchev–Trinajstić information content (AvgIpc) is 2.66. The number of amides is 2. The van der Waals surface area contributed by atoms with Crippen LogP contribution < -0.4 is 5.32 Å². The number of halogens is 2. The van der Waals surface area contributed by atoms with E-state index < -0.39 is 11.9 Å². The van der Waals surface area contributed by atoms with E-state index in [1.54, 1.807) is 32.0 Å². The number of hydrogen-bond acceptors (Lipinski definition) is 4. The van der Waals surface area contributed by atoms with Gasteiger partial charge >= 0.3 is 5.97 Å². The minimum Gasteiger partial charge on any atom is -0.463 e. The van der Waals surface area contributed by atoms with E-state index in [0.717, 1.165) is 6.42 Å². The van der Waals surface area contributed by atoms with Crippen molar-refractivity contribution in [1.29, 1.82) is 0 Å². The van der Waals surface area contributed by atoms with Crippen LogP contribution in [0.2, 0.25) is 10.0 Å². The Morgan fingerprint density at radius 1 is 1.27 bits per heavy atom. The summed E-state index contributed by atoms with van der Waals surface area (Å²) in [6.07, 6.45) is 0.880. The molecule has 1 aliphatic heterocycles. The van der Waals surface area contributed by atoms with Gasteiger partial charge in [0.25, 0.3) is 0 Å². The van der Waals surface area contributed by atoms with E-state index in [1.165, 1.54) is 4.90 Å². The smallest absolute Gasteiger partial charge is 0.336 e. The van der Waals surface area contributed by atoms with E-state index in [0.29, 0.717) is 39.3 Å². The number of rotatable bonds is 8. The summed E-state index contributed by atoms with van der Waals surface area (Å²) in [6.45, 7) is 8.13. The third kappa shape index (κ3) is 5.99. The second-order valence-electron chi connectivity index (χ2n) is 7.66. The van der Waals surface area contributed by atoms with Gasteiger partial charge in [0.15, 0.2) is 0 Å². The van der Waals surface area contributed by atoms with Crippen molar-refractivity contribution >= 4 is 41.0 Å². The standard InChI is InChI=1S/C22H28Cl2N2O4/c1-5-30-22(29)21-14(4)26(12-19(27)25-9-8-13(2)3)20(28)11-16(21)15-6-7-17(23)18(24)10-15/h6-7,10,13,16H,5,8-9,11-12H2,1-4H3,(H,25,27). The van der Waals surface area contributed by atoms with Gasteiger partial charge < -0.3 is 15.0 Å². The Labute approximate surface area is 187 Å². The molecule has 1 N–H and O–H groups in total. The first kappa shape index (κ1) is 24.2. The molecule has 0 fully saturated rings.